The Labute approximate surface area is 148 Å². The molecule has 129 valence electrons. The fourth-order valence-electron chi connectivity index (χ4n) is 2.40. The summed E-state index contributed by atoms with van der Waals surface area (Å²) in [6.07, 6.45) is 1.28. The van der Waals surface area contributed by atoms with Crippen LogP contribution >= 0.6 is 0 Å². The molecule has 0 bridgehead atoms. The third kappa shape index (κ3) is 5.24. The summed E-state index contributed by atoms with van der Waals surface area (Å²) in [5.41, 5.74) is 11.5. The van der Waals surface area contributed by atoms with E-state index in [2.05, 4.69) is 27.9 Å². The number of benzene rings is 1. The summed E-state index contributed by atoms with van der Waals surface area (Å²) in [6, 6.07) is 10.8. The van der Waals surface area contributed by atoms with E-state index in [1.165, 1.54) is 6.07 Å². The maximum atomic E-state index is 14.6. The molecule has 2 aromatic rings. The second kappa shape index (κ2) is 9.10. The lowest BCUT2D eigenvalue weighted by molar-refractivity contribution is 0.514. The highest BCUT2D eigenvalue weighted by Crippen LogP contribution is 2.18. The summed E-state index contributed by atoms with van der Waals surface area (Å²) < 4.78 is 14.6. The molecule has 0 unspecified atom stereocenters. The summed E-state index contributed by atoms with van der Waals surface area (Å²) in [4.78, 5) is 4.57. The van der Waals surface area contributed by atoms with Crippen LogP contribution in [-0.2, 0) is 0 Å². The molecule has 0 aliphatic rings. The Morgan fingerprint density at radius 2 is 2.04 bits per heavy atom. The average molecular weight is 338 g/mol. The zero-order valence-electron chi connectivity index (χ0n) is 14.5. The number of pyridine rings is 1. The number of allylic oxidation sites excluding steroid dienone is 1. The normalized spacial score (nSPS) is 10.4. The molecule has 1 radical (unpaired) electrons. The standard InChI is InChI=1S/C18H22BFN5/c1-12(24-25-22-3)9-10-19-18-17(13(2)21)15(20)11-16(23-18)14-7-5-4-6-8-14/h4-8,11,21-22,24-25H,1,9-10H2,2-3H3. The Morgan fingerprint density at radius 3 is 2.68 bits per heavy atom. The highest BCUT2D eigenvalue weighted by molar-refractivity contribution is 6.54. The van der Waals surface area contributed by atoms with E-state index in [9.17, 15) is 4.39 Å². The van der Waals surface area contributed by atoms with E-state index < -0.39 is 5.82 Å². The number of aromatic nitrogens is 1. The van der Waals surface area contributed by atoms with Gasteiger partial charge in [0.15, 0.2) is 7.28 Å². The van der Waals surface area contributed by atoms with E-state index in [0.29, 0.717) is 24.0 Å². The van der Waals surface area contributed by atoms with Crippen LogP contribution in [0.1, 0.15) is 18.9 Å². The van der Waals surface area contributed by atoms with Crippen molar-refractivity contribution in [1.29, 1.82) is 5.41 Å². The molecule has 1 aromatic heterocycles. The van der Waals surface area contributed by atoms with E-state index in [1.807, 2.05) is 37.6 Å². The third-order valence-electron chi connectivity index (χ3n) is 3.59. The van der Waals surface area contributed by atoms with E-state index in [4.69, 9.17) is 5.41 Å². The molecule has 0 spiro atoms. The summed E-state index contributed by atoms with van der Waals surface area (Å²) in [5.74, 6) is -0.429. The lowest BCUT2D eigenvalue weighted by atomic mass is 9.67. The van der Waals surface area contributed by atoms with Crippen LogP contribution in [0.15, 0.2) is 48.7 Å². The van der Waals surface area contributed by atoms with Gasteiger partial charge >= 0.3 is 0 Å². The lowest BCUT2D eigenvalue weighted by Crippen LogP contribution is -2.40. The first-order chi connectivity index (χ1) is 12.0. The van der Waals surface area contributed by atoms with Crippen molar-refractivity contribution in [3.8, 4) is 11.3 Å². The summed E-state index contributed by atoms with van der Waals surface area (Å²) in [7, 11) is 3.59. The van der Waals surface area contributed by atoms with Crippen LogP contribution < -0.4 is 22.0 Å². The molecule has 2 rings (SSSR count). The van der Waals surface area contributed by atoms with Crippen LogP contribution in [0.3, 0.4) is 0 Å². The predicted molar refractivity (Wildman–Crippen MR) is 101 cm³/mol. The number of hydrogen-bond donors (Lipinski definition) is 4. The Hall–Kier alpha value is -2.51. The Morgan fingerprint density at radius 1 is 1.32 bits per heavy atom. The molecule has 0 aliphatic heterocycles. The van der Waals surface area contributed by atoms with Crippen molar-refractivity contribution in [2.45, 2.75) is 19.7 Å². The summed E-state index contributed by atoms with van der Waals surface area (Å²) >= 11 is 0. The van der Waals surface area contributed by atoms with Crippen LogP contribution in [0.5, 0.6) is 0 Å². The topological polar surface area (TPSA) is 72.8 Å². The molecule has 0 saturated heterocycles. The zero-order chi connectivity index (χ0) is 18.2. The molecule has 1 heterocycles. The Balaban J connectivity index is 2.21. The van der Waals surface area contributed by atoms with E-state index >= 15 is 0 Å². The van der Waals surface area contributed by atoms with Crippen LogP contribution in [0.25, 0.3) is 11.3 Å². The average Bonchev–Trinajstić information content (AvgIpc) is 2.60. The van der Waals surface area contributed by atoms with Gasteiger partial charge in [-0.25, -0.2) is 9.82 Å². The van der Waals surface area contributed by atoms with Gasteiger partial charge < -0.3 is 10.8 Å². The molecule has 0 saturated carbocycles. The SMILES string of the molecule is C=C(CC[B]c1nc(-c2ccccc2)cc(F)c1C(C)=N)NNNC. The van der Waals surface area contributed by atoms with Gasteiger partial charge in [-0.15, -0.1) is 0 Å². The van der Waals surface area contributed by atoms with E-state index in [-0.39, 0.29) is 11.3 Å². The monoisotopic (exact) mass is 338 g/mol. The smallest absolute Gasteiger partial charge is 0.179 e. The van der Waals surface area contributed by atoms with Gasteiger partial charge in [0, 0.05) is 41.2 Å². The van der Waals surface area contributed by atoms with Gasteiger partial charge in [0.05, 0.1) is 5.69 Å². The number of nitrogens with zero attached hydrogens (tertiary/aromatic N) is 1. The zero-order valence-corrected chi connectivity index (χ0v) is 14.5. The highest BCUT2D eigenvalue weighted by Gasteiger charge is 2.16. The third-order valence-corrected chi connectivity index (χ3v) is 3.59. The molecule has 25 heavy (non-hydrogen) atoms. The minimum atomic E-state index is -0.429. The van der Waals surface area contributed by atoms with Gasteiger partial charge in [0.2, 0.25) is 0 Å². The summed E-state index contributed by atoms with van der Waals surface area (Å²) in [6.45, 7) is 5.46. The highest BCUT2D eigenvalue weighted by atomic mass is 19.1. The molecule has 0 aliphatic carbocycles. The molecular formula is C18H22BFN5. The van der Waals surface area contributed by atoms with Crippen molar-refractivity contribution in [3.63, 3.8) is 0 Å². The predicted octanol–water partition coefficient (Wildman–Crippen LogP) is 2.16. The minimum Gasteiger partial charge on any atom is -0.313 e. The van der Waals surface area contributed by atoms with Gasteiger partial charge in [0.1, 0.15) is 5.82 Å². The van der Waals surface area contributed by atoms with Crippen molar-refractivity contribution >= 4 is 18.6 Å². The molecular weight excluding hydrogens is 316 g/mol. The maximum Gasteiger partial charge on any atom is 0.179 e. The molecule has 0 atom stereocenters. The maximum absolute atomic E-state index is 14.6. The molecule has 1 aromatic carbocycles. The molecule has 7 heteroatoms. The van der Waals surface area contributed by atoms with Gasteiger partial charge in [-0.05, 0) is 13.3 Å². The van der Waals surface area contributed by atoms with Crippen molar-refractivity contribution < 1.29 is 4.39 Å². The second-order valence-electron chi connectivity index (χ2n) is 5.59. The Bertz CT molecular complexity index is 749. The molecule has 0 amide bonds. The van der Waals surface area contributed by atoms with Gasteiger partial charge in [-0.3, -0.25) is 4.98 Å². The van der Waals surface area contributed by atoms with Crippen LogP contribution in [-0.4, -0.2) is 25.0 Å². The van der Waals surface area contributed by atoms with Gasteiger partial charge in [0.25, 0.3) is 0 Å². The number of halogens is 1. The van der Waals surface area contributed by atoms with Crippen molar-refractivity contribution in [3.05, 3.63) is 60.1 Å². The molecule has 5 nitrogen and oxygen atoms in total. The quantitative estimate of drug-likeness (QED) is 0.321. The first-order valence-electron chi connectivity index (χ1n) is 8.03. The number of hydrogen-bond acceptors (Lipinski definition) is 5. The number of hydrazine groups is 2. The number of rotatable bonds is 9. The minimum absolute atomic E-state index is 0.157. The van der Waals surface area contributed by atoms with Gasteiger partial charge in [-0.2, -0.15) is 5.53 Å². The first kappa shape index (κ1) is 18.8. The molecule has 4 N–H and O–H groups in total. The number of nitrogens with one attached hydrogen (secondary N) is 4. The van der Waals surface area contributed by atoms with Crippen LogP contribution in [0.2, 0.25) is 6.32 Å². The van der Waals surface area contributed by atoms with Crippen molar-refractivity contribution in [2.24, 2.45) is 0 Å². The fraction of sp³-hybridized carbons (Fsp3) is 0.222. The Kier molecular flexibility index (Phi) is 6.86. The lowest BCUT2D eigenvalue weighted by Gasteiger charge is -2.13. The fourth-order valence-corrected chi connectivity index (χ4v) is 2.40. The molecule has 0 fully saturated rings. The van der Waals surface area contributed by atoms with Crippen LogP contribution in [0.4, 0.5) is 4.39 Å². The second-order valence-corrected chi connectivity index (χ2v) is 5.59. The summed E-state index contributed by atoms with van der Waals surface area (Å²) in [5, 5.41) is 7.85. The van der Waals surface area contributed by atoms with Crippen LogP contribution in [0, 0.1) is 11.2 Å². The largest absolute Gasteiger partial charge is 0.313 e. The van der Waals surface area contributed by atoms with E-state index in [0.717, 1.165) is 11.3 Å². The van der Waals surface area contributed by atoms with E-state index in [1.54, 1.807) is 14.0 Å². The van der Waals surface area contributed by atoms with Crippen molar-refractivity contribution in [1.82, 2.24) is 21.4 Å². The van der Waals surface area contributed by atoms with Gasteiger partial charge in [-0.1, -0.05) is 43.2 Å². The first-order valence-corrected chi connectivity index (χ1v) is 8.03. The van der Waals surface area contributed by atoms with Crippen molar-refractivity contribution in [2.75, 3.05) is 7.05 Å².